The topological polar surface area (TPSA) is 67.0 Å². The quantitative estimate of drug-likeness (QED) is 0.441. The molecular formula is C27H33N3O2. The number of carbonyl (C=O) groups excluding carboxylic acids is 1. The summed E-state index contributed by atoms with van der Waals surface area (Å²) in [5.74, 6) is 0.853. The minimum atomic E-state index is -0.549. The van der Waals surface area contributed by atoms with E-state index in [0.717, 1.165) is 33.5 Å². The highest BCUT2D eigenvalue weighted by Crippen LogP contribution is 2.27. The number of nitrogens with one attached hydrogen (secondary N) is 2. The molecule has 3 aromatic rings. The van der Waals surface area contributed by atoms with E-state index in [9.17, 15) is 4.79 Å². The smallest absolute Gasteiger partial charge is 0.408 e. The fraction of sp³-hybridized carbons (Fsp3) is 0.333. The van der Waals surface area contributed by atoms with Crippen LogP contribution in [0.5, 0.6) is 0 Å². The van der Waals surface area contributed by atoms with Crippen molar-refractivity contribution in [2.24, 2.45) is 5.92 Å². The molecule has 0 aliphatic heterocycles. The molecule has 1 aromatic heterocycles. The first-order valence-electron chi connectivity index (χ1n) is 10.9. The van der Waals surface area contributed by atoms with Gasteiger partial charge in [0.15, 0.2) is 0 Å². The highest BCUT2D eigenvalue weighted by Gasteiger charge is 2.25. The van der Waals surface area contributed by atoms with Gasteiger partial charge in [-0.25, -0.2) is 9.78 Å². The summed E-state index contributed by atoms with van der Waals surface area (Å²) in [6.45, 7) is 15.6. The molecule has 1 unspecified atom stereocenters. The van der Waals surface area contributed by atoms with Crippen molar-refractivity contribution >= 4 is 11.7 Å². The molecule has 2 aromatic carbocycles. The molecule has 0 saturated heterocycles. The summed E-state index contributed by atoms with van der Waals surface area (Å²) in [6, 6.07) is 16.5. The fourth-order valence-corrected chi connectivity index (χ4v) is 3.42. The highest BCUT2D eigenvalue weighted by atomic mass is 16.6. The van der Waals surface area contributed by atoms with Gasteiger partial charge in [-0.3, -0.25) is 0 Å². The zero-order valence-electron chi connectivity index (χ0n) is 19.8. The average Bonchev–Trinajstić information content (AvgIpc) is 3.20. The second-order valence-corrected chi connectivity index (χ2v) is 9.49. The fourth-order valence-electron chi connectivity index (χ4n) is 3.42. The number of aromatic nitrogens is 2. The first-order chi connectivity index (χ1) is 15.0. The zero-order valence-corrected chi connectivity index (χ0v) is 19.8. The predicted octanol–water partition coefficient (Wildman–Crippen LogP) is 7.00. The number of imidazole rings is 1. The van der Waals surface area contributed by atoms with E-state index in [2.05, 4.69) is 70.4 Å². The molecule has 3 rings (SSSR count). The Kier molecular flexibility index (Phi) is 6.87. The maximum absolute atomic E-state index is 12.3. The Morgan fingerprint density at radius 2 is 1.53 bits per heavy atom. The van der Waals surface area contributed by atoms with E-state index in [1.165, 1.54) is 0 Å². The normalized spacial score (nSPS) is 12.5. The van der Waals surface area contributed by atoms with Gasteiger partial charge < -0.3 is 15.0 Å². The lowest BCUT2D eigenvalue weighted by atomic mass is 10.0. The van der Waals surface area contributed by atoms with Crippen LogP contribution in [-0.2, 0) is 4.74 Å². The first kappa shape index (κ1) is 23.3. The van der Waals surface area contributed by atoms with Crippen molar-refractivity contribution in [2.75, 3.05) is 0 Å². The van der Waals surface area contributed by atoms with Crippen LogP contribution in [0.15, 0.2) is 61.3 Å². The van der Waals surface area contributed by atoms with Crippen LogP contribution in [0.3, 0.4) is 0 Å². The molecule has 0 aliphatic rings. The Morgan fingerprint density at radius 1 is 1.00 bits per heavy atom. The van der Waals surface area contributed by atoms with Crippen LogP contribution < -0.4 is 5.32 Å². The molecule has 32 heavy (non-hydrogen) atoms. The number of allylic oxidation sites excluding steroid dienone is 1. The molecule has 0 bridgehead atoms. The molecule has 168 valence electrons. The molecule has 5 heteroatoms. The number of nitrogens with zero attached hydrogens (tertiary/aromatic N) is 1. The molecule has 1 atom stereocenters. The number of H-pyrrole nitrogens is 1. The number of carbonyl (C=O) groups is 1. The Bertz CT molecular complexity index is 1070. The average molecular weight is 432 g/mol. The summed E-state index contributed by atoms with van der Waals surface area (Å²) in [6.07, 6.45) is 1.36. The third kappa shape index (κ3) is 5.88. The van der Waals surface area contributed by atoms with Crippen molar-refractivity contribution in [3.63, 3.8) is 0 Å². The van der Waals surface area contributed by atoms with Crippen molar-refractivity contribution in [1.82, 2.24) is 15.3 Å². The van der Waals surface area contributed by atoms with E-state index in [1.807, 2.05) is 41.5 Å². The van der Waals surface area contributed by atoms with Crippen LogP contribution in [0, 0.1) is 5.92 Å². The molecule has 0 aliphatic carbocycles. The van der Waals surface area contributed by atoms with Crippen molar-refractivity contribution in [3.8, 4) is 22.4 Å². The summed E-state index contributed by atoms with van der Waals surface area (Å²) in [5.41, 5.74) is 5.90. The molecule has 5 nitrogen and oxygen atoms in total. The Balaban J connectivity index is 1.76. The lowest BCUT2D eigenvalue weighted by Crippen LogP contribution is -2.37. The summed E-state index contributed by atoms with van der Waals surface area (Å²) in [7, 11) is 0. The molecular weight excluding hydrogens is 398 g/mol. The number of amides is 1. The summed E-state index contributed by atoms with van der Waals surface area (Å²) in [5, 5.41) is 2.94. The van der Waals surface area contributed by atoms with Gasteiger partial charge in [-0.2, -0.15) is 0 Å². The van der Waals surface area contributed by atoms with Crippen molar-refractivity contribution in [1.29, 1.82) is 0 Å². The van der Waals surface area contributed by atoms with Gasteiger partial charge in [0.05, 0.1) is 17.9 Å². The number of rotatable bonds is 6. The standard InChI is InChI=1S/C27H33N3O2/c1-17(2)19-8-10-20(11-9-19)21-12-14-22(15-13-21)23-16-28-25(29-23)24(18(3)4)30-26(31)32-27(5,6)7/h8-16,18,24H,1H2,2-7H3,(H,28,29)(H,30,31). The second kappa shape index (κ2) is 9.43. The zero-order chi connectivity index (χ0) is 23.5. The number of aromatic amines is 1. The van der Waals surface area contributed by atoms with Gasteiger partial charge in [-0.05, 0) is 55.9 Å². The lowest BCUT2D eigenvalue weighted by molar-refractivity contribution is 0.0486. The van der Waals surface area contributed by atoms with Gasteiger partial charge in [-0.1, -0.05) is 74.5 Å². The largest absolute Gasteiger partial charge is 0.444 e. The van der Waals surface area contributed by atoms with Gasteiger partial charge in [-0.15, -0.1) is 0 Å². The maximum atomic E-state index is 12.3. The van der Waals surface area contributed by atoms with Crippen LogP contribution in [0.1, 0.15) is 59.0 Å². The summed E-state index contributed by atoms with van der Waals surface area (Å²) in [4.78, 5) is 20.2. The number of hydrogen-bond donors (Lipinski definition) is 2. The highest BCUT2D eigenvalue weighted by molar-refractivity contribution is 5.71. The molecule has 0 spiro atoms. The number of ether oxygens (including phenoxy) is 1. The molecule has 0 radical (unpaired) electrons. The monoisotopic (exact) mass is 431 g/mol. The van der Waals surface area contributed by atoms with Crippen LogP contribution in [0.25, 0.3) is 28.0 Å². The van der Waals surface area contributed by atoms with Gasteiger partial charge >= 0.3 is 6.09 Å². The molecule has 1 amide bonds. The summed E-state index contributed by atoms with van der Waals surface area (Å²) >= 11 is 0. The third-order valence-electron chi connectivity index (χ3n) is 5.14. The van der Waals surface area contributed by atoms with E-state index < -0.39 is 11.7 Å². The van der Waals surface area contributed by atoms with Gasteiger partial charge in [0, 0.05) is 0 Å². The van der Waals surface area contributed by atoms with Gasteiger partial charge in [0.1, 0.15) is 11.4 Å². The predicted molar refractivity (Wildman–Crippen MR) is 131 cm³/mol. The van der Waals surface area contributed by atoms with Crippen molar-refractivity contribution in [3.05, 3.63) is 72.7 Å². The lowest BCUT2D eigenvalue weighted by Gasteiger charge is -2.24. The molecule has 0 saturated carbocycles. The van der Waals surface area contributed by atoms with E-state index in [1.54, 1.807) is 6.20 Å². The minimum Gasteiger partial charge on any atom is -0.444 e. The van der Waals surface area contributed by atoms with E-state index >= 15 is 0 Å². The van der Waals surface area contributed by atoms with Crippen LogP contribution in [0.2, 0.25) is 0 Å². The van der Waals surface area contributed by atoms with Gasteiger partial charge in [0.2, 0.25) is 0 Å². The van der Waals surface area contributed by atoms with Gasteiger partial charge in [0.25, 0.3) is 0 Å². The Labute approximate surface area is 190 Å². The van der Waals surface area contributed by atoms with Crippen LogP contribution in [0.4, 0.5) is 4.79 Å². The minimum absolute atomic E-state index is 0.145. The van der Waals surface area contributed by atoms with E-state index in [0.29, 0.717) is 5.82 Å². The Hall–Kier alpha value is -3.34. The first-order valence-corrected chi connectivity index (χ1v) is 10.9. The third-order valence-corrected chi connectivity index (χ3v) is 5.14. The molecule has 0 fully saturated rings. The van der Waals surface area contributed by atoms with Crippen LogP contribution in [-0.4, -0.2) is 21.7 Å². The Morgan fingerprint density at radius 3 is 2.03 bits per heavy atom. The number of hydrogen-bond acceptors (Lipinski definition) is 3. The van der Waals surface area contributed by atoms with E-state index in [-0.39, 0.29) is 12.0 Å². The van der Waals surface area contributed by atoms with Crippen molar-refractivity contribution < 1.29 is 9.53 Å². The molecule has 2 N–H and O–H groups in total. The molecule has 1 heterocycles. The van der Waals surface area contributed by atoms with Crippen LogP contribution >= 0.6 is 0 Å². The number of alkyl carbamates (subject to hydrolysis) is 1. The number of benzene rings is 2. The van der Waals surface area contributed by atoms with E-state index in [4.69, 9.17) is 4.74 Å². The van der Waals surface area contributed by atoms with Crippen molar-refractivity contribution in [2.45, 2.75) is 53.2 Å². The summed E-state index contributed by atoms with van der Waals surface area (Å²) < 4.78 is 5.41. The SMILES string of the molecule is C=C(C)c1ccc(-c2ccc(-c3cnc(C(NC(=O)OC(C)(C)C)C(C)C)[nH]3)cc2)cc1. The maximum Gasteiger partial charge on any atom is 0.408 e. The second-order valence-electron chi connectivity index (χ2n) is 9.49.